The number of rotatable bonds is 3. The van der Waals surface area contributed by atoms with E-state index >= 15 is 0 Å². The van der Waals surface area contributed by atoms with Crippen molar-refractivity contribution >= 4 is 23.0 Å². The molecule has 0 aliphatic carbocycles. The van der Waals surface area contributed by atoms with E-state index in [9.17, 15) is 9.35 Å². The number of esters is 1. The number of benzene rings is 1. The summed E-state index contributed by atoms with van der Waals surface area (Å²) in [6, 6.07) is 6.19. The highest BCUT2D eigenvalue weighted by Gasteiger charge is 2.31. The van der Waals surface area contributed by atoms with E-state index < -0.39 is 17.4 Å². The molecule has 1 saturated heterocycles. The van der Waals surface area contributed by atoms with Gasteiger partial charge in [0.05, 0.1) is 18.0 Å². The Kier molecular flexibility index (Phi) is 3.33. The van der Waals surface area contributed by atoms with Crippen LogP contribution in [0.2, 0.25) is 0 Å². The number of nitrogens with two attached hydrogens (primary N) is 1. The molecule has 0 aromatic heterocycles. The number of nitrogen functional groups attached to an aromatic ring is 1. The van der Waals surface area contributed by atoms with Crippen LogP contribution < -0.4 is 10.5 Å². The van der Waals surface area contributed by atoms with Crippen LogP contribution in [0, 0.1) is 0 Å². The van der Waals surface area contributed by atoms with E-state index in [2.05, 4.69) is 4.72 Å². The number of anilines is 1. The van der Waals surface area contributed by atoms with Crippen molar-refractivity contribution in [2.24, 2.45) is 0 Å². The first-order valence-corrected chi connectivity index (χ1v) is 6.02. The van der Waals surface area contributed by atoms with Crippen LogP contribution in [-0.2, 0) is 20.9 Å². The fraction of sp³-hybridized carbons (Fsp3) is 0.300. The molecule has 16 heavy (non-hydrogen) atoms. The summed E-state index contributed by atoms with van der Waals surface area (Å²) in [6.07, 6.45) is 0.555. The zero-order chi connectivity index (χ0) is 11.5. The molecule has 2 atom stereocenters. The van der Waals surface area contributed by atoms with Crippen LogP contribution in [-0.4, -0.2) is 23.2 Å². The van der Waals surface area contributed by atoms with E-state index in [0.717, 1.165) is 0 Å². The Bertz CT molecular complexity index is 382. The van der Waals surface area contributed by atoms with Crippen molar-refractivity contribution in [1.82, 2.24) is 4.72 Å². The molecule has 1 fully saturated rings. The second-order valence-corrected chi connectivity index (χ2v) is 4.71. The minimum absolute atomic E-state index is 0.344. The van der Waals surface area contributed by atoms with Gasteiger partial charge < -0.3 is 15.0 Å². The first kappa shape index (κ1) is 11.3. The van der Waals surface area contributed by atoms with E-state index in [0.29, 0.717) is 23.6 Å². The molecule has 0 saturated carbocycles. The average molecular weight is 240 g/mol. The predicted octanol–water partition coefficient (Wildman–Crippen LogP) is 0.196. The minimum atomic E-state index is -1.41. The fourth-order valence-electron chi connectivity index (χ4n) is 1.39. The van der Waals surface area contributed by atoms with Gasteiger partial charge in [0, 0.05) is 12.1 Å². The zero-order valence-electron chi connectivity index (χ0n) is 8.51. The van der Waals surface area contributed by atoms with Gasteiger partial charge >= 0.3 is 5.97 Å². The second kappa shape index (κ2) is 4.73. The second-order valence-electron chi connectivity index (χ2n) is 3.46. The Morgan fingerprint density at radius 2 is 2.12 bits per heavy atom. The maximum absolute atomic E-state index is 11.8. The summed E-state index contributed by atoms with van der Waals surface area (Å²) in [4.78, 5) is 11.7. The average Bonchev–Trinajstić information content (AvgIpc) is 2.65. The summed E-state index contributed by atoms with van der Waals surface area (Å²) in [5.74, 6) is -0.344. The highest BCUT2D eigenvalue weighted by Crippen LogP contribution is 2.14. The Morgan fingerprint density at radius 1 is 1.44 bits per heavy atom. The molecule has 1 aromatic carbocycles. The molecule has 5 nitrogen and oxygen atoms in total. The molecule has 1 aliphatic rings. The van der Waals surface area contributed by atoms with E-state index in [4.69, 9.17) is 10.5 Å². The summed E-state index contributed by atoms with van der Waals surface area (Å²) in [7, 11) is 0. The van der Waals surface area contributed by atoms with Crippen molar-refractivity contribution in [3.63, 3.8) is 0 Å². The predicted molar refractivity (Wildman–Crippen MR) is 59.8 cm³/mol. The maximum Gasteiger partial charge on any atom is 0.327 e. The van der Waals surface area contributed by atoms with Crippen LogP contribution >= 0.6 is 0 Å². The third kappa shape index (κ3) is 2.46. The molecule has 0 spiro atoms. The van der Waals surface area contributed by atoms with Gasteiger partial charge in [0.25, 0.3) is 0 Å². The van der Waals surface area contributed by atoms with E-state index in [1.54, 1.807) is 24.3 Å². The fourth-order valence-corrected chi connectivity index (χ4v) is 2.38. The highest BCUT2D eigenvalue weighted by molar-refractivity contribution is 7.89. The number of carbonyl (C=O) groups excluding carboxylic acids is 1. The number of ether oxygens (including phenoxy) is 1. The Labute approximate surface area is 96.3 Å². The molecule has 0 bridgehead atoms. The molecule has 1 aliphatic heterocycles. The van der Waals surface area contributed by atoms with Crippen molar-refractivity contribution in [3.8, 4) is 0 Å². The summed E-state index contributed by atoms with van der Waals surface area (Å²) >= 11 is -1.41. The SMILES string of the molecule is Nc1ccc([S+]([O-])NC2CCOC2=O)cc1. The lowest BCUT2D eigenvalue weighted by Gasteiger charge is -2.12. The minimum Gasteiger partial charge on any atom is -0.593 e. The molecule has 0 radical (unpaired) electrons. The first-order chi connectivity index (χ1) is 7.66. The Morgan fingerprint density at radius 3 is 2.69 bits per heavy atom. The summed E-state index contributed by atoms with van der Waals surface area (Å²) in [5, 5.41) is 0. The standard InChI is InChI=1S/C10H12N2O3S/c11-7-1-3-8(4-2-7)16(14)12-9-5-6-15-10(9)13/h1-4,9,12H,5-6,11H2. The number of hydrogen-bond donors (Lipinski definition) is 2. The molecule has 3 N–H and O–H groups in total. The van der Waals surface area contributed by atoms with Crippen molar-refractivity contribution in [1.29, 1.82) is 0 Å². The Balaban J connectivity index is 1.99. The van der Waals surface area contributed by atoms with Crippen molar-refractivity contribution in [2.45, 2.75) is 17.4 Å². The lowest BCUT2D eigenvalue weighted by atomic mass is 10.3. The van der Waals surface area contributed by atoms with Gasteiger partial charge in [0.2, 0.25) is 0 Å². The number of hydrogen-bond acceptors (Lipinski definition) is 5. The molecule has 2 rings (SSSR count). The van der Waals surface area contributed by atoms with Crippen molar-refractivity contribution in [3.05, 3.63) is 24.3 Å². The van der Waals surface area contributed by atoms with Crippen LogP contribution in [0.4, 0.5) is 5.69 Å². The topological polar surface area (TPSA) is 87.4 Å². The quantitative estimate of drug-likeness (QED) is 0.447. The third-order valence-electron chi connectivity index (χ3n) is 2.28. The smallest absolute Gasteiger partial charge is 0.327 e. The van der Waals surface area contributed by atoms with Crippen molar-refractivity contribution < 1.29 is 14.1 Å². The maximum atomic E-state index is 11.8. The van der Waals surface area contributed by atoms with E-state index in [-0.39, 0.29) is 5.97 Å². The largest absolute Gasteiger partial charge is 0.593 e. The van der Waals surface area contributed by atoms with Gasteiger partial charge in [-0.1, -0.05) is 0 Å². The zero-order valence-corrected chi connectivity index (χ0v) is 9.33. The van der Waals surface area contributed by atoms with Gasteiger partial charge in [-0.3, -0.25) is 4.79 Å². The van der Waals surface area contributed by atoms with E-state index in [1.165, 1.54) is 0 Å². The van der Waals surface area contributed by atoms with Crippen LogP contribution in [0.1, 0.15) is 6.42 Å². The van der Waals surface area contributed by atoms with Crippen LogP contribution in [0.15, 0.2) is 29.2 Å². The molecule has 0 amide bonds. The normalized spacial score (nSPS) is 21.8. The highest BCUT2D eigenvalue weighted by atomic mass is 32.2. The monoisotopic (exact) mass is 240 g/mol. The van der Waals surface area contributed by atoms with E-state index in [1.807, 2.05) is 0 Å². The summed E-state index contributed by atoms with van der Waals surface area (Å²) in [5.41, 5.74) is 6.13. The molecular formula is C10H12N2O3S. The van der Waals surface area contributed by atoms with Gasteiger partial charge in [-0.15, -0.1) is 4.72 Å². The van der Waals surface area contributed by atoms with Crippen molar-refractivity contribution in [2.75, 3.05) is 12.3 Å². The van der Waals surface area contributed by atoms with Gasteiger partial charge in [-0.2, -0.15) is 0 Å². The lowest BCUT2D eigenvalue weighted by molar-refractivity contribution is -0.139. The molecule has 2 unspecified atom stereocenters. The first-order valence-electron chi connectivity index (χ1n) is 4.87. The molecule has 1 heterocycles. The van der Waals surface area contributed by atoms with Crippen LogP contribution in [0.5, 0.6) is 0 Å². The molecule has 6 heteroatoms. The molecule has 1 aromatic rings. The number of carbonyl (C=O) groups is 1. The summed E-state index contributed by atoms with van der Waals surface area (Å²) < 4.78 is 19.3. The van der Waals surface area contributed by atoms with Gasteiger partial charge in [-0.25, -0.2) is 0 Å². The van der Waals surface area contributed by atoms with Gasteiger partial charge in [-0.05, 0) is 24.3 Å². The van der Waals surface area contributed by atoms with Crippen LogP contribution in [0.25, 0.3) is 0 Å². The summed E-state index contributed by atoms with van der Waals surface area (Å²) in [6.45, 7) is 0.384. The number of cyclic esters (lactones) is 1. The lowest BCUT2D eigenvalue weighted by Crippen LogP contribution is -2.37. The Hall–Kier alpha value is -1.24. The number of nitrogens with one attached hydrogen (secondary N) is 1. The molecule has 86 valence electrons. The van der Waals surface area contributed by atoms with Gasteiger partial charge in [0.15, 0.2) is 10.9 Å². The van der Waals surface area contributed by atoms with Crippen LogP contribution in [0.3, 0.4) is 0 Å². The molecular weight excluding hydrogens is 228 g/mol. The van der Waals surface area contributed by atoms with Gasteiger partial charge in [0.1, 0.15) is 0 Å². The third-order valence-corrected chi connectivity index (χ3v) is 3.48.